The summed E-state index contributed by atoms with van der Waals surface area (Å²) in [6.07, 6.45) is 4.32. The van der Waals surface area contributed by atoms with Crippen molar-refractivity contribution in [3.05, 3.63) is 71.8 Å². The molecule has 3 atom stereocenters. The van der Waals surface area contributed by atoms with Crippen LogP contribution < -0.4 is 10.0 Å². The van der Waals surface area contributed by atoms with Gasteiger partial charge in [0.25, 0.3) is 0 Å². The van der Waals surface area contributed by atoms with Crippen molar-refractivity contribution in [2.45, 2.75) is 23.6 Å². The third-order valence-corrected chi connectivity index (χ3v) is 6.59. The van der Waals surface area contributed by atoms with Crippen LogP contribution in [0.2, 0.25) is 0 Å². The monoisotopic (exact) mass is 460 g/mol. The Labute approximate surface area is 182 Å². The Kier molecular flexibility index (Phi) is 5.88. The van der Waals surface area contributed by atoms with Gasteiger partial charge in [-0.15, -0.1) is 0 Å². The molecule has 1 aliphatic rings. The third kappa shape index (κ3) is 4.18. The minimum Gasteiger partial charge on any atom is -0.365 e. The lowest BCUT2D eigenvalue weighted by atomic mass is 9.91. The molecule has 0 amide bonds. The summed E-state index contributed by atoms with van der Waals surface area (Å²) in [7, 11) is -2.93. The molecule has 166 valence electrons. The van der Waals surface area contributed by atoms with Gasteiger partial charge in [0.15, 0.2) is 11.3 Å². The predicted octanol–water partition coefficient (Wildman–Crippen LogP) is 1.47. The SMILES string of the molecule is COC1NC=C[C@@H](Cc2ccc3ncc(C#N)n3n2)C1NS(=O)(=O)c1ccc(F)cc1F. The molecule has 0 radical (unpaired) electrons. The summed E-state index contributed by atoms with van der Waals surface area (Å²) in [6, 6.07) is 6.85. The number of imidazole rings is 1. The van der Waals surface area contributed by atoms with Crippen molar-refractivity contribution in [2.24, 2.45) is 5.92 Å². The standard InChI is InChI=1S/C20H18F2N6O3S/c1-31-20-19(27-32(29,30)17-4-2-13(21)9-16(17)22)12(6-7-24-20)8-14-3-5-18-25-11-15(10-23)28(18)26-14/h2-7,9,11-12,19-20,24,27H,8H2,1H3/t12-,19?,20?/m0/s1. The maximum Gasteiger partial charge on any atom is 0.243 e. The zero-order valence-electron chi connectivity index (χ0n) is 16.7. The molecular weight excluding hydrogens is 442 g/mol. The van der Waals surface area contributed by atoms with E-state index in [4.69, 9.17) is 4.74 Å². The lowest BCUT2D eigenvalue weighted by Gasteiger charge is -2.35. The number of rotatable bonds is 6. The maximum atomic E-state index is 14.1. The topological polar surface area (TPSA) is 121 Å². The van der Waals surface area contributed by atoms with Gasteiger partial charge in [0.2, 0.25) is 10.0 Å². The predicted molar refractivity (Wildman–Crippen MR) is 108 cm³/mol. The van der Waals surface area contributed by atoms with Crippen LogP contribution in [0.3, 0.4) is 0 Å². The highest BCUT2D eigenvalue weighted by atomic mass is 32.2. The molecule has 3 heterocycles. The van der Waals surface area contributed by atoms with Crippen molar-refractivity contribution >= 4 is 15.7 Å². The number of ether oxygens (including phenoxy) is 1. The van der Waals surface area contributed by atoms with Gasteiger partial charge in [-0.2, -0.15) is 10.4 Å². The smallest absolute Gasteiger partial charge is 0.243 e. The summed E-state index contributed by atoms with van der Waals surface area (Å²) < 4.78 is 62.4. The third-order valence-electron chi connectivity index (χ3n) is 5.10. The average Bonchev–Trinajstić information content (AvgIpc) is 3.17. The van der Waals surface area contributed by atoms with Crippen molar-refractivity contribution in [1.29, 1.82) is 5.26 Å². The lowest BCUT2D eigenvalue weighted by molar-refractivity contribution is 0.0405. The molecule has 12 heteroatoms. The van der Waals surface area contributed by atoms with Crippen molar-refractivity contribution in [3.8, 4) is 6.07 Å². The minimum absolute atomic E-state index is 0.265. The molecule has 9 nitrogen and oxygen atoms in total. The first-order chi connectivity index (χ1) is 15.3. The van der Waals surface area contributed by atoms with Crippen LogP contribution in [0, 0.1) is 28.9 Å². The highest BCUT2D eigenvalue weighted by molar-refractivity contribution is 7.89. The van der Waals surface area contributed by atoms with E-state index in [-0.39, 0.29) is 12.1 Å². The first-order valence-electron chi connectivity index (χ1n) is 9.49. The van der Waals surface area contributed by atoms with Crippen molar-refractivity contribution in [1.82, 2.24) is 24.6 Å². The van der Waals surface area contributed by atoms with E-state index in [1.165, 1.54) is 17.8 Å². The molecule has 3 aromatic rings. The Hall–Kier alpha value is -3.40. The van der Waals surface area contributed by atoms with Gasteiger partial charge in [-0.25, -0.2) is 31.4 Å². The quantitative estimate of drug-likeness (QED) is 0.571. The Morgan fingerprint density at radius 1 is 1.31 bits per heavy atom. The molecule has 2 N–H and O–H groups in total. The molecule has 32 heavy (non-hydrogen) atoms. The van der Waals surface area contributed by atoms with Gasteiger partial charge < -0.3 is 10.1 Å². The van der Waals surface area contributed by atoms with E-state index in [1.54, 1.807) is 24.4 Å². The number of halogens is 2. The molecule has 0 fully saturated rings. The van der Waals surface area contributed by atoms with Gasteiger partial charge >= 0.3 is 0 Å². The molecule has 0 spiro atoms. The summed E-state index contributed by atoms with van der Waals surface area (Å²) in [6.45, 7) is 0. The fourth-order valence-corrected chi connectivity index (χ4v) is 4.90. The average molecular weight is 460 g/mol. The number of hydrogen-bond acceptors (Lipinski definition) is 7. The Morgan fingerprint density at radius 2 is 2.12 bits per heavy atom. The second kappa shape index (κ2) is 8.62. The normalized spacial score (nSPS) is 20.8. The number of nitrogens with zero attached hydrogens (tertiary/aromatic N) is 4. The molecule has 1 aliphatic heterocycles. The van der Waals surface area contributed by atoms with Crippen molar-refractivity contribution in [2.75, 3.05) is 7.11 Å². The molecule has 0 aliphatic carbocycles. The summed E-state index contributed by atoms with van der Waals surface area (Å²) >= 11 is 0. The zero-order valence-corrected chi connectivity index (χ0v) is 17.6. The highest BCUT2D eigenvalue weighted by Crippen LogP contribution is 2.23. The van der Waals surface area contributed by atoms with Crippen LogP contribution >= 0.6 is 0 Å². The van der Waals surface area contributed by atoms with Gasteiger partial charge in [0, 0.05) is 19.1 Å². The van der Waals surface area contributed by atoms with E-state index in [2.05, 4.69) is 20.1 Å². The number of nitrogens with one attached hydrogen (secondary N) is 2. The van der Waals surface area contributed by atoms with E-state index < -0.39 is 44.7 Å². The fourth-order valence-electron chi connectivity index (χ4n) is 3.55. The Bertz CT molecular complexity index is 1330. The second-order valence-electron chi connectivity index (χ2n) is 7.12. The summed E-state index contributed by atoms with van der Waals surface area (Å²) in [4.78, 5) is 3.43. The van der Waals surface area contributed by atoms with Gasteiger partial charge in [-0.1, -0.05) is 6.08 Å². The molecule has 0 bridgehead atoms. The number of methoxy groups -OCH3 is 1. The van der Waals surface area contributed by atoms with E-state index >= 15 is 0 Å². The zero-order chi connectivity index (χ0) is 22.9. The highest BCUT2D eigenvalue weighted by Gasteiger charge is 2.35. The minimum atomic E-state index is -4.34. The van der Waals surface area contributed by atoms with Crippen LogP contribution in [0.4, 0.5) is 8.78 Å². The number of aromatic nitrogens is 3. The van der Waals surface area contributed by atoms with Crippen LogP contribution in [0.25, 0.3) is 5.65 Å². The van der Waals surface area contributed by atoms with Crippen LogP contribution in [0.15, 0.2) is 53.7 Å². The van der Waals surface area contributed by atoms with E-state index in [0.29, 0.717) is 17.4 Å². The number of sulfonamides is 1. The van der Waals surface area contributed by atoms with Gasteiger partial charge in [0.05, 0.1) is 17.9 Å². The molecule has 0 saturated carbocycles. The lowest BCUT2D eigenvalue weighted by Crippen LogP contribution is -2.55. The maximum absolute atomic E-state index is 14.1. The molecule has 2 unspecified atom stereocenters. The van der Waals surface area contributed by atoms with Crippen LogP contribution in [-0.4, -0.2) is 42.4 Å². The number of fused-ring (bicyclic) bond motifs is 1. The van der Waals surface area contributed by atoms with Gasteiger partial charge in [-0.05, 0) is 36.9 Å². The van der Waals surface area contributed by atoms with Crippen molar-refractivity contribution < 1.29 is 21.9 Å². The van der Waals surface area contributed by atoms with Crippen molar-refractivity contribution in [3.63, 3.8) is 0 Å². The Morgan fingerprint density at radius 3 is 2.84 bits per heavy atom. The van der Waals surface area contributed by atoms with E-state index in [1.807, 2.05) is 6.07 Å². The summed E-state index contributed by atoms with van der Waals surface area (Å²) in [5.41, 5.74) is 1.35. The first kappa shape index (κ1) is 21.8. The van der Waals surface area contributed by atoms with Crippen LogP contribution in [0.1, 0.15) is 11.4 Å². The second-order valence-corrected chi connectivity index (χ2v) is 8.80. The van der Waals surface area contributed by atoms with Gasteiger partial charge in [-0.3, -0.25) is 0 Å². The molecule has 0 saturated heterocycles. The van der Waals surface area contributed by atoms with Crippen LogP contribution in [-0.2, 0) is 21.2 Å². The molecule has 4 rings (SSSR count). The number of hydrogen-bond donors (Lipinski definition) is 2. The summed E-state index contributed by atoms with van der Waals surface area (Å²) in [5.74, 6) is -2.51. The van der Waals surface area contributed by atoms with Gasteiger partial charge in [0.1, 0.15) is 28.8 Å². The molecule has 1 aromatic carbocycles. The molecular formula is C20H18F2N6O3S. The van der Waals surface area contributed by atoms with E-state index in [9.17, 15) is 22.5 Å². The summed E-state index contributed by atoms with van der Waals surface area (Å²) in [5, 5.41) is 16.5. The largest absolute Gasteiger partial charge is 0.365 e. The van der Waals surface area contributed by atoms with E-state index in [0.717, 1.165) is 12.1 Å². The number of nitriles is 1. The first-order valence-corrected chi connectivity index (χ1v) is 11.0. The number of benzene rings is 1. The Balaban J connectivity index is 1.64. The van der Waals surface area contributed by atoms with Crippen LogP contribution in [0.5, 0.6) is 0 Å². The fraction of sp³-hybridized carbons (Fsp3) is 0.250. The molecule has 2 aromatic heterocycles.